The number of rotatable bonds is 4. The first kappa shape index (κ1) is 20.6. The van der Waals surface area contributed by atoms with E-state index in [2.05, 4.69) is 61.2 Å². The van der Waals surface area contributed by atoms with Gasteiger partial charge in [-0.2, -0.15) is 0 Å². The van der Waals surface area contributed by atoms with Crippen LogP contribution in [-0.4, -0.2) is 49.8 Å². The Hall–Kier alpha value is -2.70. The zero-order valence-corrected chi connectivity index (χ0v) is 17.8. The van der Waals surface area contributed by atoms with Crippen LogP contribution in [0.5, 0.6) is 0 Å². The maximum atomic E-state index is 12.8. The van der Waals surface area contributed by atoms with Crippen molar-refractivity contribution in [2.24, 2.45) is 0 Å². The predicted molar refractivity (Wildman–Crippen MR) is 118 cm³/mol. The van der Waals surface area contributed by atoms with Gasteiger partial charge < -0.3 is 4.90 Å². The van der Waals surface area contributed by atoms with Gasteiger partial charge in [-0.3, -0.25) is 9.69 Å². The van der Waals surface area contributed by atoms with Crippen molar-refractivity contribution in [1.82, 2.24) is 24.8 Å². The molecule has 6 nitrogen and oxygen atoms in total. The van der Waals surface area contributed by atoms with Gasteiger partial charge in [-0.15, -0.1) is 17.5 Å². The second-order valence-electron chi connectivity index (χ2n) is 7.88. The van der Waals surface area contributed by atoms with Gasteiger partial charge in [0.05, 0.1) is 24.3 Å². The van der Waals surface area contributed by atoms with E-state index in [0.717, 1.165) is 36.6 Å². The molecule has 0 bridgehead atoms. The molecular formula is C23H26ClN5O. The molecule has 2 aliphatic rings. The van der Waals surface area contributed by atoms with E-state index in [4.69, 9.17) is 0 Å². The highest BCUT2D eigenvalue weighted by Crippen LogP contribution is 2.36. The molecule has 3 aromatic rings. The summed E-state index contributed by atoms with van der Waals surface area (Å²) in [5, 5.41) is 9.05. The number of carbonyl (C=O) groups is 1. The zero-order valence-electron chi connectivity index (χ0n) is 17.0. The van der Waals surface area contributed by atoms with Crippen molar-refractivity contribution >= 4 is 18.3 Å². The number of hydrogen-bond acceptors (Lipinski definition) is 4. The summed E-state index contributed by atoms with van der Waals surface area (Å²) in [7, 11) is 0. The minimum absolute atomic E-state index is 0. The Morgan fingerprint density at radius 1 is 1.00 bits per heavy atom. The van der Waals surface area contributed by atoms with Gasteiger partial charge in [0.1, 0.15) is 5.69 Å². The van der Waals surface area contributed by atoms with E-state index < -0.39 is 0 Å². The van der Waals surface area contributed by atoms with Crippen molar-refractivity contribution in [3.8, 4) is 11.3 Å². The summed E-state index contributed by atoms with van der Waals surface area (Å²) < 4.78 is 2.08. The van der Waals surface area contributed by atoms with E-state index >= 15 is 0 Å². The third-order valence-electron chi connectivity index (χ3n) is 6.08. The third-order valence-corrected chi connectivity index (χ3v) is 6.08. The lowest BCUT2D eigenvalue weighted by Gasteiger charge is -2.37. The van der Waals surface area contributed by atoms with E-state index in [1.807, 2.05) is 31.2 Å². The Bertz CT molecular complexity index is 1010. The van der Waals surface area contributed by atoms with Crippen LogP contribution in [0.2, 0.25) is 0 Å². The number of likely N-dealkylation sites (tertiary alicyclic amines) is 1. The molecule has 1 aromatic heterocycles. The van der Waals surface area contributed by atoms with Gasteiger partial charge in [0.15, 0.2) is 0 Å². The van der Waals surface area contributed by atoms with Gasteiger partial charge in [0.2, 0.25) is 5.91 Å². The number of benzene rings is 2. The van der Waals surface area contributed by atoms with Crippen LogP contribution in [-0.2, 0) is 17.9 Å². The second-order valence-corrected chi connectivity index (χ2v) is 7.88. The maximum absolute atomic E-state index is 12.8. The Morgan fingerprint density at radius 3 is 2.37 bits per heavy atom. The van der Waals surface area contributed by atoms with Crippen LogP contribution in [0, 0.1) is 0 Å². The monoisotopic (exact) mass is 423 g/mol. The lowest BCUT2D eigenvalue weighted by molar-refractivity contribution is -0.135. The van der Waals surface area contributed by atoms with Crippen molar-refractivity contribution in [3.63, 3.8) is 0 Å². The van der Waals surface area contributed by atoms with Crippen molar-refractivity contribution in [2.45, 2.75) is 38.5 Å². The molecule has 156 valence electrons. The van der Waals surface area contributed by atoms with E-state index in [1.54, 1.807) is 0 Å². The molecule has 3 heterocycles. The molecule has 0 radical (unpaired) electrons. The van der Waals surface area contributed by atoms with Crippen molar-refractivity contribution in [1.29, 1.82) is 0 Å². The van der Waals surface area contributed by atoms with Crippen molar-refractivity contribution < 1.29 is 4.79 Å². The minimum atomic E-state index is 0. The van der Waals surface area contributed by atoms with Crippen LogP contribution in [0.25, 0.3) is 11.3 Å². The third kappa shape index (κ3) is 3.61. The summed E-state index contributed by atoms with van der Waals surface area (Å²) in [6.45, 7) is 5.14. The van der Waals surface area contributed by atoms with E-state index in [9.17, 15) is 4.79 Å². The Labute approximate surface area is 182 Å². The molecule has 2 aliphatic heterocycles. The lowest BCUT2D eigenvalue weighted by atomic mass is 10.0. The Balaban J connectivity index is 0.00000218. The normalized spacial score (nSPS) is 20.4. The van der Waals surface area contributed by atoms with Gasteiger partial charge in [0, 0.05) is 31.6 Å². The Kier molecular flexibility index (Phi) is 5.88. The largest absolute Gasteiger partial charge is 0.330 e. The number of halogens is 1. The molecule has 2 aromatic carbocycles. The van der Waals surface area contributed by atoms with Gasteiger partial charge in [-0.1, -0.05) is 72.8 Å². The molecule has 1 saturated heterocycles. The molecule has 30 heavy (non-hydrogen) atoms. The molecule has 7 heteroatoms. The summed E-state index contributed by atoms with van der Waals surface area (Å²) >= 11 is 0. The van der Waals surface area contributed by atoms with Gasteiger partial charge in [0.25, 0.3) is 0 Å². The number of carbonyl (C=O) groups excluding carboxylic acids is 1. The van der Waals surface area contributed by atoms with E-state index in [0.29, 0.717) is 13.0 Å². The maximum Gasteiger partial charge on any atom is 0.223 e. The highest BCUT2D eigenvalue weighted by molar-refractivity contribution is 5.85. The molecule has 0 spiro atoms. The topological polar surface area (TPSA) is 54.3 Å². The van der Waals surface area contributed by atoms with Crippen LogP contribution in [0.1, 0.15) is 30.6 Å². The zero-order chi connectivity index (χ0) is 19.8. The summed E-state index contributed by atoms with van der Waals surface area (Å²) in [5.41, 5.74) is 4.28. The van der Waals surface area contributed by atoms with Crippen LogP contribution in [0.3, 0.4) is 0 Å². The van der Waals surface area contributed by atoms with Crippen LogP contribution in [0.4, 0.5) is 0 Å². The fraction of sp³-hybridized carbons (Fsp3) is 0.348. The van der Waals surface area contributed by atoms with Gasteiger partial charge in [-0.05, 0) is 5.56 Å². The van der Waals surface area contributed by atoms with E-state index in [-0.39, 0.29) is 30.4 Å². The lowest BCUT2D eigenvalue weighted by Crippen LogP contribution is -2.49. The molecule has 0 N–H and O–H groups in total. The van der Waals surface area contributed by atoms with Crippen LogP contribution < -0.4 is 0 Å². The summed E-state index contributed by atoms with van der Waals surface area (Å²) in [6.07, 6.45) is 0.518. The summed E-state index contributed by atoms with van der Waals surface area (Å²) in [5.74, 6) is 0.202. The van der Waals surface area contributed by atoms with Gasteiger partial charge in [-0.25, -0.2) is 4.68 Å². The molecule has 0 saturated carbocycles. The van der Waals surface area contributed by atoms with E-state index in [1.165, 1.54) is 5.56 Å². The highest BCUT2D eigenvalue weighted by Gasteiger charge is 2.45. The fourth-order valence-electron chi connectivity index (χ4n) is 4.67. The molecular weight excluding hydrogens is 398 g/mol. The molecule has 1 fully saturated rings. The highest BCUT2D eigenvalue weighted by atomic mass is 35.5. The quantitative estimate of drug-likeness (QED) is 0.644. The second kappa shape index (κ2) is 8.58. The van der Waals surface area contributed by atoms with Gasteiger partial charge >= 0.3 is 0 Å². The first-order valence-electron chi connectivity index (χ1n) is 10.3. The molecule has 0 unspecified atom stereocenters. The molecule has 5 rings (SSSR count). The molecule has 1 amide bonds. The minimum Gasteiger partial charge on any atom is -0.330 e. The average Bonchev–Trinajstić information content (AvgIpc) is 3.37. The SMILES string of the molecule is CCC(=O)N1Cc2c(-c3ccccc3)nnn2[C@@H]2CN(Cc3ccccc3)C[C@H]21.Cl. The smallest absolute Gasteiger partial charge is 0.223 e. The fourth-order valence-corrected chi connectivity index (χ4v) is 4.67. The summed E-state index contributed by atoms with van der Waals surface area (Å²) in [4.78, 5) is 17.3. The molecule has 0 aliphatic carbocycles. The van der Waals surface area contributed by atoms with Crippen LogP contribution >= 0.6 is 12.4 Å². The van der Waals surface area contributed by atoms with Crippen molar-refractivity contribution in [2.75, 3.05) is 13.1 Å². The Morgan fingerprint density at radius 2 is 1.67 bits per heavy atom. The standard InChI is InChI=1S/C23H25N5O.ClH/c1-2-22(29)27-16-21-23(18-11-7-4-8-12-18)24-25-28(21)20-15-26(14-19(20)27)13-17-9-5-3-6-10-17;/h3-12,19-20H,2,13-16H2,1H3;1H/t19-,20-;/m1./s1. The summed E-state index contributed by atoms with van der Waals surface area (Å²) in [6, 6.07) is 20.9. The first-order chi connectivity index (χ1) is 14.2. The number of fused-ring (bicyclic) bond motifs is 3. The number of nitrogens with zero attached hydrogens (tertiary/aromatic N) is 5. The van der Waals surface area contributed by atoms with Crippen LogP contribution in [0.15, 0.2) is 60.7 Å². The number of hydrogen-bond donors (Lipinski definition) is 0. The van der Waals surface area contributed by atoms with Crippen molar-refractivity contribution in [3.05, 3.63) is 71.9 Å². The number of amides is 1. The first-order valence-corrected chi connectivity index (χ1v) is 10.3. The predicted octanol–water partition coefficient (Wildman–Crippen LogP) is 3.54. The molecule has 2 atom stereocenters. The average molecular weight is 424 g/mol. The number of aromatic nitrogens is 3.